The number of benzene rings is 2. The van der Waals surface area contributed by atoms with E-state index in [4.69, 9.17) is 0 Å². The highest BCUT2D eigenvalue weighted by atomic mass is 32.2. The summed E-state index contributed by atoms with van der Waals surface area (Å²) in [6, 6.07) is 14.8. The van der Waals surface area contributed by atoms with E-state index in [1.165, 1.54) is 17.4 Å². The van der Waals surface area contributed by atoms with Gasteiger partial charge in [0.05, 0.1) is 17.5 Å². The first-order chi connectivity index (χ1) is 11.8. The van der Waals surface area contributed by atoms with Gasteiger partial charge in [0.15, 0.2) is 0 Å². The Morgan fingerprint density at radius 2 is 1.56 bits per heavy atom. The summed E-state index contributed by atoms with van der Waals surface area (Å²) in [6.07, 6.45) is -1.05. The van der Waals surface area contributed by atoms with Crippen LogP contribution in [0, 0.1) is 5.92 Å². The maximum Gasteiger partial charge on any atom is 0.243 e. The zero-order valence-electron chi connectivity index (χ0n) is 14.7. The lowest BCUT2D eigenvalue weighted by Gasteiger charge is -2.30. The first-order valence-corrected chi connectivity index (χ1v) is 9.65. The zero-order chi connectivity index (χ0) is 18.6. The van der Waals surface area contributed by atoms with Crippen molar-refractivity contribution in [2.24, 2.45) is 5.92 Å². The third-order valence-electron chi connectivity index (χ3n) is 4.41. The van der Waals surface area contributed by atoms with E-state index in [1.807, 2.05) is 19.9 Å². The van der Waals surface area contributed by atoms with Crippen molar-refractivity contribution in [1.82, 2.24) is 4.31 Å². The lowest BCUT2D eigenvalue weighted by atomic mass is 10.0. The Morgan fingerprint density at radius 3 is 2.12 bits per heavy atom. The van der Waals surface area contributed by atoms with Crippen LogP contribution in [0.3, 0.4) is 0 Å². The highest BCUT2D eigenvalue weighted by molar-refractivity contribution is 7.89. The van der Waals surface area contributed by atoms with Crippen LogP contribution in [0.1, 0.15) is 31.1 Å². The van der Waals surface area contributed by atoms with Gasteiger partial charge in [-0.1, -0.05) is 62.4 Å². The van der Waals surface area contributed by atoms with E-state index in [2.05, 4.69) is 0 Å². The van der Waals surface area contributed by atoms with Crippen molar-refractivity contribution in [2.45, 2.75) is 30.9 Å². The molecule has 0 unspecified atom stereocenters. The van der Waals surface area contributed by atoms with Crippen LogP contribution >= 0.6 is 0 Å². The summed E-state index contributed by atoms with van der Waals surface area (Å²) in [6.45, 7) is 3.45. The minimum atomic E-state index is -3.87. The molecule has 0 radical (unpaired) electrons. The van der Waals surface area contributed by atoms with Crippen molar-refractivity contribution in [3.05, 3.63) is 65.7 Å². The molecule has 0 amide bonds. The van der Waals surface area contributed by atoms with Gasteiger partial charge in [-0.05, 0) is 17.5 Å². The van der Waals surface area contributed by atoms with E-state index in [9.17, 15) is 18.6 Å². The van der Waals surface area contributed by atoms with Crippen molar-refractivity contribution >= 4 is 10.0 Å². The molecule has 0 aromatic heterocycles. The first kappa shape index (κ1) is 19.6. The van der Waals surface area contributed by atoms with Gasteiger partial charge in [-0.3, -0.25) is 0 Å². The third-order valence-corrected chi connectivity index (χ3v) is 6.37. The molecular formula is C19H25NO4S. The molecule has 25 heavy (non-hydrogen) atoms. The zero-order valence-corrected chi connectivity index (χ0v) is 15.5. The number of hydrogen-bond acceptors (Lipinski definition) is 4. The summed E-state index contributed by atoms with van der Waals surface area (Å²) < 4.78 is 27.4. The number of nitrogens with zero attached hydrogens (tertiary/aromatic N) is 1. The molecule has 0 spiro atoms. The van der Waals surface area contributed by atoms with E-state index >= 15 is 0 Å². The van der Waals surface area contributed by atoms with Crippen LogP contribution in [-0.4, -0.2) is 42.6 Å². The van der Waals surface area contributed by atoms with E-state index in [1.54, 1.807) is 42.5 Å². The summed E-state index contributed by atoms with van der Waals surface area (Å²) in [5.41, 5.74) is 0.941. The Bertz CT molecular complexity index is 790. The van der Waals surface area contributed by atoms with Crippen LogP contribution in [-0.2, 0) is 10.0 Å². The Balaban J connectivity index is 2.49. The second kappa shape index (κ2) is 8.10. The van der Waals surface area contributed by atoms with Crippen LogP contribution in [0.2, 0.25) is 0 Å². The van der Waals surface area contributed by atoms with E-state index in [0.717, 1.165) is 0 Å². The summed E-state index contributed by atoms with van der Waals surface area (Å²) in [7, 11) is -2.41. The van der Waals surface area contributed by atoms with Crippen molar-refractivity contribution in [3.63, 3.8) is 0 Å². The minimum Gasteiger partial charge on any atom is -0.395 e. The topological polar surface area (TPSA) is 77.8 Å². The molecule has 0 aliphatic rings. The second-order valence-corrected chi connectivity index (χ2v) is 8.33. The Labute approximate surface area is 149 Å². The highest BCUT2D eigenvalue weighted by Gasteiger charge is 2.32. The van der Waals surface area contributed by atoms with E-state index in [0.29, 0.717) is 11.1 Å². The Hall–Kier alpha value is -1.73. The largest absolute Gasteiger partial charge is 0.395 e. The fraction of sp³-hybridized carbons (Fsp3) is 0.368. The number of hydrogen-bond donors (Lipinski definition) is 2. The molecule has 0 aliphatic carbocycles. The minimum absolute atomic E-state index is 0.0454. The van der Waals surface area contributed by atoms with Gasteiger partial charge in [-0.2, -0.15) is 4.31 Å². The summed E-state index contributed by atoms with van der Waals surface area (Å²) in [4.78, 5) is 0.0490. The van der Waals surface area contributed by atoms with Gasteiger partial charge in [0, 0.05) is 12.6 Å². The fourth-order valence-corrected chi connectivity index (χ4v) is 4.54. The normalized spacial score (nSPS) is 14.7. The lowest BCUT2D eigenvalue weighted by Crippen LogP contribution is -2.43. The fourth-order valence-electron chi connectivity index (χ4n) is 2.84. The number of rotatable bonds is 7. The summed E-state index contributed by atoms with van der Waals surface area (Å²) >= 11 is 0. The van der Waals surface area contributed by atoms with Crippen molar-refractivity contribution in [2.75, 3.05) is 13.7 Å². The molecule has 0 heterocycles. The first-order valence-electron chi connectivity index (χ1n) is 8.21. The molecule has 2 rings (SSSR count). The number of likely N-dealkylation sites (N-methyl/N-ethyl adjacent to an activating group) is 1. The molecule has 2 aromatic carbocycles. The maximum absolute atomic E-state index is 13.1. The third kappa shape index (κ3) is 4.10. The molecule has 2 atom stereocenters. The average molecular weight is 363 g/mol. The standard InChI is InChI=1S/C19H25NO4S/c1-14(2)17(13-21)20(3)25(23,24)18-12-8-7-11-16(18)19(22)15-9-5-4-6-10-15/h4-12,14,17,19,21-22H,13H2,1-3H3/t17-,19-/m1/s1. The predicted molar refractivity (Wildman–Crippen MR) is 97.6 cm³/mol. The van der Waals surface area contributed by atoms with Crippen LogP contribution in [0.5, 0.6) is 0 Å². The molecule has 6 heteroatoms. The summed E-state index contributed by atoms with van der Waals surface area (Å²) in [5.74, 6) is -0.0454. The molecular weight excluding hydrogens is 338 g/mol. The monoisotopic (exact) mass is 363 g/mol. The van der Waals surface area contributed by atoms with E-state index in [-0.39, 0.29) is 17.4 Å². The lowest BCUT2D eigenvalue weighted by molar-refractivity contribution is 0.167. The smallest absolute Gasteiger partial charge is 0.243 e. The van der Waals surface area contributed by atoms with Crippen LogP contribution in [0.15, 0.2) is 59.5 Å². The van der Waals surface area contributed by atoms with Crippen LogP contribution in [0.25, 0.3) is 0 Å². The molecule has 0 aliphatic heterocycles. The van der Waals surface area contributed by atoms with Crippen molar-refractivity contribution < 1.29 is 18.6 Å². The van der Waals surface area contributed by atoms with Gasteiger partial charge in [0.2, 0.25) is 10.0 Å². The van der Waals surface area contributed by atoms with Crippen molar-refractivity contribution in [3.8, 4) is 0 Å². The predicted octanol–water partition coefficient (Wildman–Crippen LogP) is 2.41. The van der Waals surface area contributed by atoms with Crippen molar-refractivity contribution in [1.29, 1.82) is 0 Å². The molecule has 5 nitrogen and oxygen atoms in total. The maximum atomic E-state index is 13.1. The molecule has 0 bridgehead atoms. The van der Waals surface area contributed by atoms with Crippen LogP contribution < -0.4 is 0 Å². The number of aliphatic hydroxyl groups excluding tert-OH is 2. The molecule has 0 fully saturated rings. The Kier molecular flexibility index (Phi) is 6.35. The van der Waals surface area contributed by atoms with Gasteiger partial charge in [-0.25, -0.2) is 8.42 Å². The molecule has 2 N–H and O–H groups in total. The van der Waals surface area contributed by atoms with E-state index < -0.39 is 22.2 Å². The van der Waals surface area contributed by atoms with Gasteiger partial charge in [-0.15, -0.1) is 0 Å². The average Bonchev–Trinajstić information content (AvgIpc) is 2.62. The van der Waals surface area contributed by atoms with Gasteiger partial charge < -0.3 is 10.2 Å². The molecule has 136 valence electrons. The number of sulfonamides is 1. The SMILES string of the molecule is CC(C)[C@@H](CO)N(C)S(=O)(=O)c1ccccc1[C@H](O)c1ccccc1. The summed E-state index contributed by atoms with van der Waals surface area (Å²) in [5, 5.41) is 20.3. The molecule has 0 saturated carbocycles. The van der Waals surface area contributed by atoms with Gasteiger partial charge in [0.25, 0.3) is 0 Å². The van der Waals surface area contributed by atoms with Gasteiger partial charge >= 0.3 is 0 Å². The molecule has 0 saturated heterocycles. The highest BCUT2D eigenvalue weighted by Crippen LogP contribution is 2.30. The molecule has 2 aromatic rings. The van der Waals surface area contributed by atoms with Gasteiger partial charge in [0.1, 0.15) is 6.10 Å². The van der Waals surface area contributed by atoms with Crippen LogP contribution in [0.4, 0.5) is 0 Å². The number of aliphatic hydroxyl groups is 2. The second-order valence-electron chi connectivity index (χ2n) is 6.37. The quantitative estimate of drug-likeness (QED) is 0.792. The Morgan fingerprint density at radius 1 is 1.00 bits per heavy atom.